The number of ether oxygens (including phenoxy) is 2. The molecule has 0 saturated heterocycles. The number of fused-ring (bicyclic) bond motifs is 1. The van der Waals surface area contributed by atoms with Gasteiger partial charge in [0.05, 0.1) is 14.2 Å². The lowest BCUT2D eigenvalue weighted by atomic mass is 9.87. The number of benzene rings is 2. The summed E-state index contributed by atoms with van der Waals surface area (Å²) in [5.41, 5.74) is 4.58. The molecular weight excluding hydrogens is 388 g/mol. The fourth-order valence-corrected chi connectivity index (χ4v) is 4.16. The molecule has 1 amide bonds. The van der Waals surface area contributed by atoms with Crippen LogP contribution < -0.4 is 14.8 Å². The Morgan fingerprint density at radius 3 is 2.58 bits per heavy atom. The van der Waals surface area contributed by atoms with E-state index in [9.17, 15) is 4.79 Å². The maximum Gasteiger partial charge on any atom is 0.220 e. The van der Waals surface area contributed by atoms with Crippen molar-refractivity contribution in [1.82, 2.24) is 10.3 Å². The Bertz CT molecular complexity index is 1010. The Kier molecular flexibility index (Phi) is 7.99. The number of unbranched alkanes of at least 4 members (excludes halogenated alkanes) is 2. The van der Waals surface area contributed by atoms with Gasteiger partial charge < -0.3 is 19.8 Å². The predicted octanol–water partition coefficient (Wildman–Crippen LogP) is 5.58. The van der Waals surface area contributed by atoms with Crippen molar-refractivity contribution >= 4 is 16.8 Å². The second-order valence-corrected chi connectivity index (χ2v) is 7.87. The van der Waals surface area contributed by atoms with E-state index in [0.717, 1.165) is 54.3 Å². The van der Waals surface area contributed by atoms with Crippen LogP contribution in [0, 0.1) is 0 Å². The Labute approximate surface area is 185 Å². The number of hydrogen-bond acceptors (Lipinski definition) is 3. The summed E-state index contributed by atoms with van der Waals surface area (Å²) >= 11 is 0. The predicted molar refractivity (Wildman–Crippen MR) is 126 cm³/mol. The number of aromatic amines is 1. The summed E-state index contributed by atoms with van der Waals surface area (Å²) in [5.74, 6) is 1.33. The fraction of sp³-hybridized carbons (Fsp3) is 0.423. The summed E-state index contributed by atoms with van der Waals surface area (Å²) < 4.78 is 10.9. The number of aryl methyl sites for hydroxylation is 1. The zero-order chi connectivity index (χ0) is 22.2. The third kappa shape index (κ3) is 5.22. The van der Waals surface area contributed by atoms with Crippen molar-refractivity contribution in [3.63, 3.8) is 0 Å². The Hall–Kier alpha value is -2.95. The lowest BCUT2D eigenvalue weighted by Gasteiger charge is -2.19. The molecule has 1 heterocycles. The molecule has 5 heteroatoms. The first-order valence-corrected chi connectivity index (χ1v) is 11.2. The van der Waals surface area contributed by atoms with Crippen LogP contribution in [0.5, 0.6) is 11.5 Å². The molecule has 2 N–H and O–H groups in total. The summed E-state index contributed by atoms with van der Waals surface area (Å²) in [4.78, 5) is 16.3. The first-order chi connectivity index (χ1) is 15.1. The topological polar surface area (TPSA) is 63.4 Å². The number of para-hydroxylation sites is 1. The minimum absolute atomic E-state index is 0.0666. The van der Waals surface area contributed by atoms with Crippen LogP contribution in [0.1, 0.15) is 62.1 Å². The molecule has 3 aromatic rings. The normalized spacial score (nSPS) is 12.0. The van der Waals surface area contributed by atoms with E-state index in [1.54, 1.807) is 14.2 Å². The van der Waals surface area contributed by atoms with Crippen LogP contribution in [0.4, 0.5) is 0 Å². The number of carbonyl (C=O) groups excluding carboxylic acids is 1. The highest BCUT2D eigenvalue weighted by Gasteiger charge is 2.23. The molecule has 0 saturated carbocycles. The molecule has 0 spiro atoms. The van der Waals surface area contributed by atoms with Crippen LogP contribution in [-0.2, 0) is 11.2 Å². The van der Waals surface area contributed by atoms with Crippen LogP contribution in [0.15, 0.2) is 42.6 Å². The zero-order valence-electron chi connectivity index (χ0n) is 19.1. The molecule has 5 nitrogen and oxygen atoms in total. The number of nitrogens with one attached hydrogen (secondary N) is 2. The molecule has 166 valence electrons. The number of methoxy groups -OCH3 is 2. The second-order valence-electron chi connectivity index (χ2n) is 7.87. The van der Waals surface area contributed by atoms with Crippen LogP contribution >= 0.6 is 0 Å². The van der Waals surface area contributed by atoms with Gasteiger partial charge in [-0.05, 0) is 41.7 Å². The van der Waals surface area contributed by atoms with Gasteiger partial charge in [0.15, 0.2) is 11.5 Å². The summed E-state index contributed by atoms with van der Waals surface area (Å²) in [6.07, 6.45) is 6.66. The Morgan fingerprint density at radius 1 is 1.06 bits per heavy atom. The van der Waals surface area contributed by atoms with E-state index in [2.05, 4.69) is 48.5 Å². The SMILES string of the molecule is CCCCCNC(=O)C[C@@H](c1ccc(OC)c(OC)c1)c1c[nH]c2c(CC)cccc12. The molecular formula is C26H34N2O3. The maximum absolute atomic E-state index is 12.8. The summed E-state index contributed by atoms with van der Waals surface area (Å²) in [7, 11) is 3.26. The van der Waals surface area contributed by atoms with E-state index < -0.39 is 0 Å². The van der Waals surface area contributed by atoms with E-state index in [0.29, 0.717) is 17.9 Å². The molecule has 0 aliphatic carbocycles. The standard InChI is InChI=1S/C26H34N2O3/c1-5-7-8-14-27-25(29)16-21(19-12-13-23(30-3)24(15-19)31-4)22-17-28-26-18(6-2)10-9-11-20(22)26/h9-13,15,17,21,28H,5-8,14,16H2,1-4H3,(H,27,29)/t21-/m0/s1. The molecule has 31 heavy (non-hydrogen) atoms. The Balaban J connectivity index is 1.98. The van der Waals surface area contributed by atoms with Gasteiger partial charge in [0.25, 0.3) is 0 Å². The number of hydrogen-bond donors (Lipinski definition) is 2. The quantitative estimate of drug-likeness (QED) is 0.397. The highest BCUT2D eigenvalue weighted by molar-refractivity contribution is 5.88. The molecule has 0 unspecified atom stereocenters. The van der Waals surface area contributed by atoms with Crippen molar-refractivity contribution in [2.75, 3.05) is 20.8 Å². The van der Waals surface area contributed by atoms with Crippen molar-refractivity contribution in [3.8, 4) is 11.5 Å². The second kappa shape index (κ2) is 10.9. The number of rotatable bonds is 11. The van der Waals surface area contributed by atoms with Gasteiger partial charge in [0.2, 0.25) is 5.91 Å². The largest absolute Gasteiger partial charge is 0.493 e. The maximum atomic E-state index is 12.8. The van der Waals surface area contributed by atoms with Crippen LogP contribution in [-0.4, -0.2) is 31.7 Å². The average molecular weight is 423 g/mol. The third-order valence-electron chi connectivity index (χ3n) is 5.89. The number of H-pyrrole nitrogens is 1. The van der Waals surface area contributed by atoms with Gasteiger partial charge >= 0.3 is 0 Å². The molecule has 0 aliphatic rings. The third-order valence-corrected chi connectivity index (χ3v) is 5.89. The number of carbonyl (C=O) groups is 1. The van der Waals surface area contributed by atoms with E-state index in [1.807, 2.05) is 18.2 Å². The fourth-order valence-electron chi connectivity index (χ4n) is 4.16. The van der Waals surface area contributed by atoms with Gasteiger partial charge in [-0.2, -0.15) is 0 Å². The molecule has 1 aromatic heterocycles. The van der Waals surface area contributed by atoms with Crippen molar-refractivity contribution in [2.45, 2.75) is 51.9 Å². The van der Waals surface area contributed by atoms with E-state index >= 15 is 0 Å². The molecule has 1 atom stereocenters. The number of aromatic nitrogens is 1. The van der Waals surface area contributed by atoms with Crippen LogP contribution in [0.2, 0.25) is 0 Å². The van der Waals surface area contributed by atoms with Gasteiger partial charge in [-0.1, -0.05) is 51.0 Å². The lowest BCUT2D eigenvalue weighted by Crippen LogP contribution is -2.26. The van der Waals surface area contributed by atoms with Gasteiger partial charge in [0.1, 0.15) is 0 Å². The molecule has 2 aromatic carbocycles. The molecule has 0 aliphatic heterocycles. The van der Waals surface area contributed by atoms with E-state index in [1.165, 1.54) is 5.56 Å². The van der Waals surface area contributed by atoms with Crippen molar-refractivity contribution in [3.05, 3.63) is 59.3 Å². The van der Waals surface area contributed by atoms with E-state index in [4.69, 9.17) is 9.47 Å². The summed E-state index contributed by atoms with van der Waals surface area (Å²) in [6.45, 7) is 5.04. The van der Waals surface area contributed by atoms with Gasteiger partial charge in [-0.15, -0.1) is 0 Å². The lowest BCUT2D eigenvalue weighted by molar-refractivity contribution is -0.121. The molecule has 0 bridgehead atoms. The number of amides is 1. The van der Waals surface area contributed by atoms with Crippen molar-refractivity contribution in [1.29, 1.82) is 0 Å². The van der Waals surface area contributed by atoms with Gasteiger partial charge in [0, 0.05) is 36.0 Å². The van der Waals surface area contributed by atoms with E-state index in [-0.39, 0.29) is 11.8 Å². The van der Waals surface area contributed by atoms with Crippen LogP contribution in [0.3, 0.4) is 0 Å². The first-order valence-electron chi connectivity index (χ1n) is 11.2. The summed E-state index contributed by atoms with van der Waals surface area (Å²) in [5, 5.41) is 4.26. The van der Waals surface area contributed by atoms with Gasteiger partial charge in [-0.3, -0.25) is 4.79 Å². The highest BCUT2D eigenvalue weighted by atomic mass is 16.5. The zero-order valence-corrected chi connectivity index (χ0v) is 19.1. The Morgan fingerprint density at radius 2 is 1.87 bits per heavy atom. The minimum Gasteiger partial charge on any atom is -0.493 e. The average Bonchev–Trinajstić information content (AvgIpc) is 3.24. The smallest absolute Gasteiger partial charge is 0.220 e. The van der Waals surface area contributed by atoms with Crippen LogP contribution in [0.25, 0.3) is 10.9 Å². The van der Waals surface area contributed by atoms with Crippen molar-refractivity contribution < 1.29 is 14.3 Å². The monoisotopic (exact) mass is 422 g/mol. The summed E-state index contributed by atoms with van der Waals surface area (Å²) in [6, 6.07) is 12.3. The first kappa shape index (κ1) is 22.7. The minimum atomic E-state index is -0.0909. The molecule has 3 rings (SSSR count). The van der Waals surface area contributed by atoms with Gasteiger partial charge in [-0.25, -0.2) is 0 Å². The molecule has 0 radical (unpaired) electrons. The highest BCUT2D eigenvalue weighted by Crippen LogP contribution is 2.38. The van der Waals surface area contributed by atoms with Crippen molar-refractivity contribution in [2.24, 2.45) is 0 Å². The molecule has 0 fully saturated rings.